The van der Waals surface area contributed by atoms with Gasteiger partial charge < -0.3 is 14.6 Å². The van der Waals surface area contributed by atoms with Crippen LogP contribution in [0.25, 0.3) is 0 Å². The van der Waals surface area contributed by atoms with Crippen molar-refractivity contribution >= 4 is 0 Å². The maximum atomic E-state index is 8.88. The standard InChI is InChI=1S/C14H22O3/c1-10(6-5-7-15)12-9-13(16-3)11(2)8-14(12)17-4/h8-10,15H,5-7H2,1-4H3. The maximum Gasteiger partial charge on any atom is 0.122 e. The fourth-order valence-corrected chi connectivity index (χ4v) is 2.01. The topological polar surface area (TPSA) is 38.7 Å². The van der Waals surface area contributed by atoms with E-state index in [0.717, 1.165) is 35.5 Å². The number of methoxy groups -OCH3 is 2. The molecule has 0 radical (unpaired) electrons. The number of aryl methyl sites for hydroxylation is 1. The predicted molar refractivity (Wildman–Crippen MR) is 69.0 cm³/mol. The molecule has 1 atom stereocenters. The Balaban J connectivity index is 3.02. The minimum atomic E-state index is 0.232. The highest BCUT2D eigenvalue weighted by Crippen LogP contribution is 2.35. The summed E-state index contributed by atoms with van der Waals surface area (Å²) in [5.74, 6) is 2.14. The van der Waals surface area contributed by atoms with Crippen molar-refractivity contribution < 1.29 is 14.6 Å². The fraction of sp³-hybridized carbons (Fsp3) is 0.571. The van der Waals surface area contributed by atoms with Crippen LogP contribution in [0.2, 0.25) is 0 Å². The van der Waals surface area contributed by atoms with Gasteiger partial charge in [-0.15, -0.1) is 0 Å². The Morgan fingerprint density at radius 2 is 1.82 bits per heavy atom. The van der Waals surface area contributed by atoms with E-state index in [1.54, 1.807) is 14.2 Å². The van der Waals surface area contributed by atoms with Crippen LogP contribution in [-0.4, -0.2) is 25.9 Å². The van der Waals surface area contributed by atoms with E-state index >= 15 is 0 Å². The smallest absolute Gasteiger partial charge is 0.122 e. The predicted octanol–water partition coefficient (Wildman–Crippen LogP) is 2.89. The van der Waals surface area contributed by atoms with Crippen LogP contribution in [0.3, 0.4) is 0 Å². The summed E-state index contributed by atoms with van der Waals surface area (Å²) in [7, 11) is 3.36. The van der Waals surface area contributed by atoms with E-state index in [4.69, 9.17) is 14.6 Å². The van der Waals surface area contributed by atoms with Crippen LogP contribution >= 0.6 is 0 Å². The normalized spacial score (nSPS) is 12.3. The van der Waals surface area contributed by atoms with Crippen molar-refractivity contribution in [2.24, 2.45) is 0 Å². The molecule has 17 heavy (non-hydrogen) atoms. The molecule has 0 saturated carbocycles. The average Bonchev–Trinajstić information content (AvgIpc) is 2.35. The molecule has 1 rings (SSSR count). The van der Waals surface area contributed by atoms with Crippen molar-refractivity contribution in [2.75, 3.05) is 20.8 Å². The van der Waals surface area contributed by atoms with Crippen LogP contribution < -0.4 is 9.47 Å². The molecule has 0 aliphatic carbocycles. The third-order valence-electron chi connectivity index (χ3n) is 3.07. The summed E-state index contributed by atoms with van der Waals surface area (Å²) in [6, 6.07) is 4.04. The van der Waals surface area contributed by atoms with E-state index in [1.807, 2.05) is 19.1 Å². The van der Waals surface area contributed by atoms with Gasteiger partial charge in [0.05, 0.1) is 14.2 Å². The lowest BCUT2D eigenvalue weighted by atomic mass is 9.94. The van der Waals surface area contributed by atoms with Gasteiger partial charge in [0.15, 0.2) is 0 Å². The molecule has 1 N–H and O–H groups in total. The molecule has 1 aromatic carbocycles. The Labute approximate surface area is 103 Å². The highest BCUT2D eigenvalue weighted by molar-refractivity contribution is 5.47. The lowest BCUT2D eigenvalue weighted by molar-refractivity contribution is 0.280. The van der Waals surface area contributed by atoms with Crippen LogP contribution in [0.5, 0.6) is 11.5 Å². The van der Waals surface area contributed by atoms with Gasteiger partial charge in [-0.2, -0.15) is 0 Å². The highest BCUT2D eigenvalue weighted by atomic mass is 16.5. The molecule has 0 spiro atoms. The minimum Gasteiger partial charge on any atom is -0.496 e. The molecule has 1 unspecified atom stereocenters. The maximum absolute atomic E-state index is 8.88. The number of hydrogen-bond acceptors (Lipinski definition) is 3. The second-order valence-electron chi connectivity index (χ2n) is 4.33. The van der Waals surface area contributed by atoms with Gasteiger partial charge in [0.25, 0.3) is 0 Å². The summed E-state index contributed by atoms with van der Waals surface area (Å²) in [4.78, 5) is 0. The van der Waals surface area contributed by atoms with Gasteiger partial charge in [0.2, 0.25) is 0 Å². The molecule has 0 bridgehead atoms. The van der Waals surface area contributed by atoms with Gasteiger partial charge in [0.1, 0.15) is 11.5 Å². The van der Waals surface area contributed by atoms with Crippen LogP contribution in [-0.2, 0) is 0 Å². The number of hydrogen-bond donors (Lipinski definition) is 1. The fourth-order valence-electron chi connectivity index (χ4n) is 2.01. The SMILES string of the molecule is COc1cc(C(C)CCCO)c(OC)cc1C. The van der Waals surface area contributed by atoms with E-state index in [-0.39, 0.29) is 6.61 Å². The van der Waals surface area contributed by atoms with Gasteiger partial charge in [-0.25, -0.2) is 0 Å². The summed E-state index contributed by atoms with van der Waals surface area (Å²) in [5.41, 5.74) is 2.21. The number of aliphatic hydroxyl groups is 1. The largest absolute Gasteiger partial charge is 0.496 e. The van der Waals surface area contributed by atoms with E-state index < -0.39 is 0 Å². The summed E-state index contributed by atoms with van der Waals surface area (Å²) in [5, 5.41) is 8.88. The molecule has 96 valence electrons. The van der Waals surface area contributed by atoms with Crippen LogP contribution in [0.4, 0.5) is 0 Å². The van der Waals surface area contributed by atoms with Gasteiger partial charge >= 0.3 is 0 Å². The molecule has 0 fully saturated rings. The number of rotatable bonds is 6. The first-order valence-electron chi connectivity index (χ1n) is 5.97. The lowest BCUT2D eigenvalue weighted by Crippen LogP contribution is -2.01. The summed E-state index contributed by atoms with van der Waals surface area (Å²) in [6.07, 6.45) is 1.75. The zero-order valence-corrected chi connectivity index (χ0v) is 11.1. The first kappa shape index (κ1) is 13.8. The van der Waals surface area contributed by atoms with Crippen molar-refractivity contribution in [1.82, 2.24) is 0 Å². The molecule has 0 aliphatic heterocycles. The second kappa shape index (κ2) is 6.50. The number of aliphatic hydroxyl groups excluding tert-OH is 1. The molecule has 0 amide bonds. The van der Waals surface area contributed by atoms with Crippen molar-refractivity contribution in [1.29, 1.82) is 0 Å². The summed E-state index contributed by atoms with van der Waals surface area (Å²) < 4.78 is 10.7. The van der Waals surface area contributed by atoms with Crippen LogP contribution in [0, 0.1) is 6.92 Å². The molecule has 3 heteroatoms. The zero-order chi connectivity index (χ0) is 12.8. The average molecular weight is 238 g/mol. The minimum absolute atomic E-state index is 0.232. The molecule has 1 aromatic rings. The van der Waals surface area contributed by atoms with E-state index in [9.17, 15) is 0 Å². The second-order valence-corrected chi connectivity index (χ2v) is 4.33. The van der Waals surface area contributed by atoms with E-state index in [0.29, 0.717) is 5.92 Å². The molecule has 0 aromatic heterocycles. The Bertz CT molecular complexity index is 361. The quantitative estimate of drug-likeness (QED) is 0.828. The van der Waals surface area contributed by atoms with E-state index in [1.165, 1.54) is 0 Å². The molecule has 3 nitrogen and oxygen atoms in total. The third-order valence-corrected chi connectivity index (χ3v) is 3.07. The molecule has 0 heterocycles. The molecule has 0 saturated heterocycles. The van der Waals surface area contributed by atoms with Crippen molar-refractivity contribution in [3.63, 3.8) is 0 Å². The van der Waals surface area contributed by atoms with Crippen molar-refractivity contribution in [3.05, 3.63) is 23.3 Å². The summed E-state index contributed by atoms with van der Waals surface area (Å²) in [6.45, 7) is 4.38. The van der Waals surface area contributed by atoms with Crippen LogP contribution in [0.15, 0.2) is 12.1 Å². The Morgan fingerprint density at radius 3 is 2.35 bits per heavy atom. The Hall–Kier alpha value is -1.22. The first-order valence-corrected chi connectivity index (χ1v) is 5.97. The van der Waals surface area contributed by atoms with Crippen molar-refractivity contribution in [2.45, 2.75) is 32.6 Å². The summed E-state index contributed by atoms with van der Waals surface area (Å²) >= 11 is 0. The Kier molecular flexibility index (Phi) is 5.29. The third kappa shape index (κ3) is 3.37. The zero-order valence-electron chi connectivity index (χ0n) is 11.1. The van der Waals surface area contributed by atoms with Gasteiger partial charge in [0, 0.05) is 12.2 Å². The highest BCUT2D eigenvalue weighted by Gasteiger charge is 2.14. The van der Waals surface area contributed by atoms with Gasteiger partial charge in [-0.05, 0) is 43.4 Å². The molecular formula is C14H22O3. The lowest BCUT2D eigenvalue weighted by Gasteiger charge is -2.18. The van der Waals surface area contributed by atoms with E-state index in [2.05, 4.69) is 6.92 Å². The van der Waals surface area contributed by atoms with Gasteiger partial charge in [-0.1, -0.05) is 6.92 Å². The van der Waals surface area contributed by atoms with Crippen molar-refractivity contribution in [3.8, 4) is 11.5 Å². The molecular weight excluding hydrogens is 216 g/mol. The Morgan fingerprint density at radius 1 is 1.18 bits per heavy atom. The molecule has 0 aliphatic rings. The number of ether oxygens (including phenoxy) is 2. The van der Waals surface area contributed by atoms with Gasteiger partial charge in [-0.3, -0.25) is 0 Å². The first-order chi connectivity index (χ1) is 8.13. The van der Waals surface area contributed by atoms with Crippen LogP contribution in [0.1, 0.15) is 36.8 Å². The number of benzene rings is 1. The monoisotopic (exact) mass is 238 g/mol.